The van der Waals surface area contributed by atoms with E-state index in [-0.39, 0.29) is 18.7 Å². The number of hydrogen-bond donors (Lipinski definition) is 2. The molecule has 11 heteroatoms. The molecule has 1 unspecified atom stereocenters. The van der Waals surface area contributed by atoms with Crippen LogP contribution in [-0.2, 0) is 20.4 Å². The highest BCUT2D eigenvalue weighted by Gasteiger charge is 2.17. The number of thioether (sulfide) groups is 1. The summed E-state index contributed by atoms with van der Waals surface area (Å²) in [6.07, 6.45) is 27.4. The van der Waals surface area contributed by atoms with E-state index in [1.165, 1.54) is 95.2 Å². The van der Waals surface area contributed by atoms with Gasteiger partial charge in [-0.05, 0) is 25.5 Å². The summed E-state index contributed by atoms with van der Waals surface area (Å²) in [5.41, 5.74) is 7.20. The van der Waals surface area contributed by atoms with Gasteiger partial charge in [-0.3, -0.25) is 4.57 Å². The Morgan fingerprint density at radius 3 is 2.15 bits per heavy atom. The molecule has 234 valence electrons. The molecule has 0 radical (unpaired) electrons. The van der Waals surface area contributed by atoms with Gasteiger partial charge in [0.25, 0.3) is 0 Å². The number of imidazole rings is 1. The molecule has 41 heavy (non-hydrogen) atoms. The lowest BCUT2D eigenvalue weighted by atomic mass is 10.0. The highest BCUT2D eigenvalue weighted by molar-refractivity contribution is 7.98. The van der Waals surface area contributed by atoms with Crippen molar-refractivity contribution in [1.29, 1.82) is 0 Å². The van der Waals surface area contributed by atoms with Gasteiger partial charge in [-0.2, -0.15) is 4.98 Å². The summed E-state index contributed by atoms with van der Waals surface area (Å²) in [6.45, 7) is 4.35. The van der Waals surface area contributed by atoms with Gasteiger partial charge < -0.3 is 24.5 Å². The maximum absolute atomic E-state index is 12.3. The van der Waals surface area contributed by atoms with Crippen molar-refractivity contribution in [1.82, 2.24) is 19.5 Å². The summed E-state index contributed by atoms with van der Waals surface area (Å²) in [5, 5.41) is 0.744. The van der Waals surface area contributed by atoms with Gasteiger partial charge in [0.2, 0.25) is 5.95 Å². The van der Waals surface area contributed by atoms with Crippen LogP contribution < -0.4 is 5.73 Å². The second kappa shape index (κ2) is 22.1. The third kappa shape index (κ3) is 16.1. The standard InChI is InChI=1S/C30H54N5O4PS/c1-3-4-5-6-7-8-9-10-11-12-13-14-15-18-22-38-23-20-24-39-40(36,37)25-19-16-17-21-35-26-32-27-28(35)33-30(31)34-29(27)41-2/h16-17,26H,3-15,18-25H2,1-2H3,(H,36,37)(H2,31,33,34)/b17-16-. The molecule has 1 atom stereocenters. The third-order valence-corrected chi connectivity index (χ3v) is 9.14. The van der Waals surface area contributed by atoms with Crippen molar-refractivity contribution >= 4 is 36.5 Å². The largest absolute Gasteiger partial charge is 0.381 e. The molecule has 0 aliphatic rings. The normalized spacial score (nSPS) is 13.4. The predicted octanol–water partition coefficient (Wildman–Crippen LogP) is 8.17. The maximum Gasteiger partial charge on any atom is 0.328 e. The maximum atomic E-state index is 12.3. The number of allylic oxidation sites excluding steroid dienone is 2. The number of anilines is 1. The molecule has 0 aromatic carbocycles. The summed E-state index contributed by atoms with van der Waals surface area (Å²) in [6, 6.07) is 0. The number of ether oxygens (including phenoxy) is 1. The smallest absolute Gasteiger partial charge is 0.328 e. The Morgan fingerprint density at radius 1 is 0.902 bits per heavy atom. The molecule has 0 aliphatic heterocycles. The molecule has 0 bridgehead atoms. The summed E-state index contributed by atoms with van der Waals surface area (Å²) < 4.78 is 25.1. The van der Waals surface area contributed by atoms with Crippen molar-refractivity contribution in [3.05, 3.63) is 18.5 Å². The fraction of sp³-hybridized carbons (Fsp3) is 0.767. The van der Waals surface area contributed by atoms with Crippen LogP contribution in [0.4, 0.5) is 5.95 Å². The molecule has 9 nitrogen and oxygen atoms in total. The van der Waals surface area contributed by atoms with Crippen LogP contribution in [0.5, 0.6) is 0 Å². The minimum absolute atomic E-state index is 0.0832. The molecule has 0 saturated carbocycles. The number of nitrogens with zero attached hydrogens (tertiary/aromatic N) is 4. The summed E-state index contributed by atoms with van der Waals surface area (Å²) >= 11 is 1.47. The van der Waals surface area contributed by atoms with E-state index in [1.54, 1.807) is 6.33 Å². The third-order valence-electron chi connectivity index (χ3n) is 7.06. The quantitative estimate of drug-likeness (QED) is 0.0356. The second-order valence-corrected chi connectivity index (χ2v) is 13.5. The van der Waals surface area contributed by atoms with Gasteiger partial charge in [0.05, 0.1) is 19.1 Å². The first-order valence-electron chi connectivity index (χ1n) is 15.7. The van der Waals surface area contributed by atoms with Crippen molar-refractivity contribution in [3.8, 4) is 0 Å². The first kappa shape index (κ1) is 35.7. The first-order valence-corrected chi connectivity index (χ1v) is 18.7. The van der Waals surface area contributed by atoms with Crippen LogP contribution in [0.15, 0.2) is 23.5 Å². The van der Waals surface area contributed by atoms with E-state index in [4.69, 9.17) is 15.0 Å². The van der Waals surface area contributed by atoms with Crippen molar-refractivity contribution in [2.24, 2.45) is 0 Å². The summed E-state index contributed by atoms with van der Waals surface area (Å²) in [7, 11) is -3.61. The lowest BCUT2D eigenvalue weighted by Gasteiger charge is -2.11. The average molecular weight is 612 g/mol. The van der Waals surface area contributed by atoms with E-state index < -0.39 is 7.60 Å². The van der Waals surface area contributed by atoms with Crippen LogP contribution in [0.2, 0.25) is 0 Å². The fourth-order valence-electron chi connectivity index (χ4n) is 4.69. The molecule has 0 fully saturated rings. The number of rotatable bonds is 26. The number of fused-ring (bicyclic) bond motifs is 1. The molecular formula is C30H54N5O4PS. The van der Waals surface area contributed by atoms with Gasteiger partial charge in [0.1, 0.15) is 10.5 Å². The molecule has 2 aromatic heterocycles. The number of unbranched alkanes of at least 4 members (excludes halogenated alkanes) is 13. The van der Waals surface area contributed by atoms with Gasteiger partial charge >= 0.3 is 7.60 Å². The lowest BCUT2D eigenvalue weighted by Crippen LogP contribution is -2.03. The van der Waals surface area contributed by atoms with Crippen LogP contribution >= 0.6 is 19.4 Å². The Hall–Kier alpha value is -1.45. The monoisotopic (exact) mass is 611 g/mol. The molecule has 0 amide bonds. The first-order chi connectivity index (χ1) is 20.0. The van der Waals surface area contributed by atoms with Crippen LogP contribution in [0, 0.1) is 0 Å². The number of nitrogens with two attached hydrogens (primary N) is 1. The SMILES string of the molecule is CCCCCCCCCCCCCCCCOCCCOP(=O)(O)CC/C=C\Cn1cnc2c(SC)nc(N)nc21. The second-order valence-electron chi connectivity index (χ2n) is 10.7. The van der Waals surface area contributed by atoms with E-state index in [0.717, 1.165) is 23.6 Å². The Labute approximate surface area is 252 Å². The van der Waals surface area contributed by atoms with E-state index >= 15 is 0 Å². The molecule has 2 heterocycles. The van der Waals surface area contributed by atoms with Crippen molar-refractivity contribution < 1.29 is 18.7 Å². The highest BCUT2D eigenvalue weighted by atomic mass is 32.2. The Bertz CT molecular complexity index is 1040. The zero-order valence-electron chi connectivity index (χ0n) is 25.5. The van der Waals surface area contributed by atoms with Gasteiger partial charge in [0.15, 0.2) is 5.65 Å². The summed E-state index contributed by atoms with van der Waals surface area (Å²) in [5.74, 6) is 0.214. The average Bonchev–Trinajstić information content (AvgIpc) is 3.36. The van der Waals surface area contributed by atoms with Gasteiger partial charge in [-0.15, -0.1) is 11.8 Å². The van der Waals surface area contributed by atoms with E-state index in [1.807, 2.05) is 23.0 Å². The van der Waals surface area contributed by atoms with Crippen LogP contribution in [0.3, 0.4) is 0 Å². The number of hydrogen-bond acceptors (Lipinski definition) is 8. The number of aromatic nitrogens is 4. The van der Waals surface area contributed by atoms with Crippen molar-refractivity contribution in [3.63, 3.8) is 0 Å². The zero-order valence-corrected chi connectivity index (χ0v) is 27.2. The van der Waals surface area contributed by atoms with E-state index in [9.17, 15) is 9.46 Å². The zero-order chi connectivity index (χ0) is 29.6. The van der Waals surface area contributed by atoms with E-state index in [0.29, 0.717) is 31.6 Å². The van der Waals surface area contributed by atoms with Crippen molar-refractivity contribution in [2.75, 3.05) is 38.0 Å². The van der Waals surface area contributed by atoms with Crippen molar-refractivity contribution in [2.45, 2.75) is 121 Å². The molecular weight excluding hydrogens is 557 g/mol. The van der Waals surface area contributed by atoms with Gasteiger partial charge in [-0.1, -0.05) is 103 Å². The Balaban J connectivity index is 1.40. The van der Waals surface area contributed by atoms with Crippen LogP contribution in [0.25, 0.3) is 11.2 Å². The molecule has 0 aliphatic carbocycles. The molecule has 2 rings (SSSR count). The highest BCUT2D eigenvalue weighted by Crippen LogP contribution is 2.42. The summed E-state index contributed by atoms with van der Waals surface area (Å²) in [4.78, 5) is 22.9. The fourth-order valence-corrected chi connectivity index (χ4v) is 6.23. The molecule has 2 aromatic rings. The van der Waals surface area contributed by atoms with Crippen LogP contribution in [-0.4, -0.2) is 56.7 Å². The Kier molecular flexibility index (Phi) is 19.3. The van der Waals surface area contributed by atoms with Gasteiger partial charge in [0, 0.05) is 19.8 Å². The molecule has 0 spiro atoms. The topological polar surface area (TPSA) is 125 Å². The van der Waals surface area contributed by atoms with E-state index in [2.05, 4.69) is 21.9 Å². The van der Waals surface area contributed by atoms with Gasteiger partial charge in [-0.25, -0.2) is 9.97 Å². The molecule has 3 N–H and O–H groups in total. The van der Waals surface area contributed by atoms with Crippen LogP contribution in [0.1, 0.15) is 110 Å². The Morgan fingerprint density at radius 2 is 1.51 bits per heavy atom. The minimum Gasteiger partial charge on any atom is -0.381 e. The molecule has 0 saturated heterocycles. The number of nitrogen functional groups attached to an aromatic ring is 1. The predicted molar refractivity (Wildman–Crippen MR) is 172 cm³/mol. The minimum atomic E-state index is -3.61. The lowest BCUT2D eigenvalue weighted by molar-refractivity contribution is 0.113.